The van der Waals surface area contributed by atoms with Crippen molar-refractivity contribution < 1.29 is 0 Å². The summed E-state index contributed by atoms with van der Waals surface area (Å²) in [5.74, 6) is 1.61. The molecule has 0 aliphatic carbocycles. The highest BCUT2D eigenvalue weighted by molar-refractivity contribution is 4.89. The molecule has 0 spiro atoms. The molecule has 0 radical (unpaired) electrons. The molecule has 0 saturated carbocycles. The van der Waals surface area contributed by atoms with Crippen molar-refractivity contribution in [1.29, 1.82) is 0 Å². The first-order chi connectivity index (χ1) is 6.09. The molecular weight excluding hydrogens is 158 g/mol. The summed E-state index contributed by atoms with van der Waals surface area (Å²) < 4.78 is 0. The molecule has 0 atom stereocenters. The molecule has 1 rings (SSSR count). The van der Waals surface area contributed by atoms with Gasteiger partial charge in [-0.1, -0.05) is 34.1 Å². The highest BCUT2D eigenvalue weighted by Gasteiger charge is 2.36. The molecule has 0 amide bonds. The van der Waals surface area contributed by atoms with Gasteiger partial charge in [0.1, 0.15) is 0 Å². The number of hydrogen-bond acceptors (Lipinski definition) is 1. The smallest absolute Gasteiger partial charge is 0.00127 e. The zero-order valence-corrected chi connectivity index (χ0v) is 9.69. The molecule has 1 saturated heterocycles. The fourth-order valence-corrected chi connectivity index (χ4v) is 2.77. The normalized spacial score (nSPS) is 23.5. The van der Waals surface area contributed by atoms with Crippen LogP contribution in [-0.2, 0) is 0 Å². The summed E-state index contributed by atoms with van der Waals surface area (Å²) in [6, 6.07) is 0. The Bertz CT molecular complexity index is 131. The number of hydrogen-bond donors (Lipinski definition) is 1. The Morgan fingerprint density at radius 3 is 2.15 bits per heavy atom. The molecule has 0 aromatic heterocycles. The average Bonchev–Trinajstić information content (AvgIpc) is 2.28. The molecule has 1 N–H and O–H groups in total. The lowest BCUT2D eigenvalue weighted by Crippen LogP contribution is -2.41. The summed E-state index contributed by atoms with van der Waals surface area (Å²) in [4.78, 5) is 0. The predicted molar refractivity (Wildman–Crippen MR) is 58.8 cm³/mol. The third-order valence-corrected chi connectivity index (χ3v) is 4.00. The van der Waals surface area contributed by atoms with Crippen molar-refractivity contribution >= 4 is 0 Å². The molecule has 1 aliphatic heterocycles. The molecule has 0 aromatic carbocycles. The minimum atomic E-state index is 0.552. The molecule has 0 aromatic rings. The van der Waals surface area contributed by atoms with Gasteiger partial charge in [0.05, 0.1) is 0 Å². The maximum absolute atomic E-state index is 3.60. The predicted octanol–water partition coefficient (Wildman–Crippen LogP) is 3.06. The van der Waals surface area contributed by atoms with Crippen LogP contribution in [0.15, 0.2) is 0 Å². The molecule has 1 fully saturated rings. The van der Waals surface area contributed by atoms with E-state index in [4.69, 9.17) is 0 Å². The van der Waals surface area contributed by atoms with Crippen molar-refractivity contribution in [3.8, 4) is 0 Å². The Balaban J connectivity index is 2.74. The quantitative estimate of drug-likeness (QED) is 0.694. The topological polar surface area (TPSA) is 12.0 Å². The van der Waals surface area contributed by atoms with E-state index in [0.717, 1.165) is 11.8 Å². The van der Waals surface area contributed by atoms with Gasteiger partial charge in [0.2, 0.25) is 0 Å². The minimum absolute atomic E-state index is 0.552. The van der Waals surface area contributed by atoms with Gasteiger partial charge in [0.15, 0.2) is 0 Å². The molecular formula is C12H25N. The Morgan fingerprint density at radius 1 is 1.00 bits per heavy atom. The van der Waals surface area contributed by atoms with E-state index in [1.165, 1.54) is 32.4 Å². The third-order valence-electron chi connectivity index (χ3n) is 4.00. The second-order valence-electron chi connectivity index (χ2n) is 5.18. The van der Waals surface area contributed by atoms with Crippen LogP contribution in [0.3, 0.4) is 0 Å². The van der Waals surface area contributed by atoms with Gasteiger partial charge in [-0.3, -0.25) is 0 Å². The molecule has 1 nitrogen and oxygen atoms in total. The largest absolute Gasteiger partial charge is 0.316 e. The lowest BCUT2D eigenvalue weighted by atomic mass is 9.66. The van der Waals surface area contributed by atoms with Crippen LogP contribution in [0.5, 0.6) is 0 Å². The highest BCUT2D eigenvalue weighted by Crippen LogP contribution is 2.41. The summed E-state index contributed by atoms with van der Waals surface area (Å²) >= 11 is 0. The van der Waals surface area contributed by atoms with Crippen LogP contribution >= 0.6 is 0 Å². The van der Waals surface area contributed by atoms with E-state index in [9.17, 15) is 0 Å². The molecule has 1 aliphatic rings. The van der Waals surface area contributed by atoms with Gasteiger partial charge in [-0.15, -0.1) is 0 Å². The van der Waals surface area contributed by atoms with Gasteiger partial charge in [0.25, 0.3) is 0 Å². The van der Waals surface area contributed by atoms with Gasteiger partial charge in [-0.2, -0.15) is 0 Å². The Hall–Kier alpha value is -0.0400. The van der Waals surface area contributed by atoms with Crippen molar-refractivity contribution in [2.75, 3.05) is 13.1 Å². The Kier molecular flexibility index (Phi) is 3.78. The van der Waals surface area contributed by atoms with Gasteiger partial charge in [0, 0.05) is 6.54 Å². The fourth-order valence-electron chi connectivity index (χ4n) is 2.77. The van der Waals surface area contributed by atoms with Crippen molar-refractivity contribution in [2.45, 2.75) is 47.0 Å². The zero-order valence-electron chi connectivity index (χ0n) is 9.69. The van der Waals surface area contributed by atoms with E-state index in [0.29, 0.717) is 5.41 Å². The number of rotatable bonds is 2. The van der Waals surface area contributed by atoms with E-state index < -0.39 is 0 Å². The zero-order chi connectivity index (χ0) is 9.90. The van der Waals surface area contributed by atoms with Crippen LogP contribution in [-0.4, -0.2) is 13.1 Å². The van der Waals surface area contributed by atoms with Gasteiger partial charge >= 0.3 is 0 Å². The van der Waals surface area contributed by atoms with Crippen LogP contribution in [0.1, 0.15) is 47.0 Å². The van der Waals surface area contributed by atoms with E-state index in [-0.39, 0.29) is 0 Å². The summed E-state index contributed by atoms with van der Waals surface area (Å²) in [7, 11) is 0. The standard InChI is InChI=1S/C12H25N/c1-10(2)12(11(3)4)7-5-6-8-13-9-12/h10-11,13H,5-9H2,1-4H3. The van der Waals surface area contributed by atoms with Crippen molar-refractivity contribution in [2.24, 2.45) is 17.3 Å². The maximum atomic E-state index is 3.60. The Labute approximate surface area is 83.3 Å². The SMILES string of the molecule is CC(C)C1(C(C)C)CCCCNC1. The molecule has 1 heterocycles. The second kappa shape index (κ2) is 4.45. The lowest BCUT2D eigenvalue weighted by molar-refractivity contribution is 0.103. The lowest BCUT2D eigenvalue weighted by Gasteiger charge is -2.41. The first-order valence-corrected chi connectivity index (χ1v) is 5.80. The maximum Gasteiger partial charge on any atom is 0.00127 e. The molecule has 78 valence electrons. The van der Waals surface area contributed by atoms with Crippen LogP contribution in [0.4, 0.5) is 0 Å². The van der Waals surface area contributed by atoms with Crippen molar-refractivity contribution in [1.82, 2.24) is 5.32 Å². The highest BCUT2D eigenvalue weighted by atomic mass is 14.9. The summed E-state index contributed by atoms with van der Waals surface area (Å²) in [6.45, 7) is 12.0. The first-order valence-electron chi connectivity index (χ1n) is 5.80. The van der Waals surface area contributed by atoms with Crippen LogP contribution in [0.25, 0.3) is 0 Å². The fraction of sp³-hybridized carbons (Fsp3) is 1.00. The van der Waals surface area contributed by atoms with E-state index in [2.05, 4.69) is 33.0 Å². The molecule has 0 bridgehead atoms. The molecule has 13 heavy (non-hydrogen) atoms. The number of nitrogens with one attached hydrogen (secondary N) is 1. The minimum Gasteiger partial charge on any atom is -0.316 e. The van der Waals surface area contributed by atoms with Crippen LogP contribution in [0, 0.1) is 17.3 Å². The molecule has 0 unspecified atom stereocenters. The Morgan fingerprint density at radius 2 is 1.62 bits per heavy atom. The van der Waals surface area contributed by atoms with E-state index in [1.807, 2.05) is 0 Å². The third kappa shape index (κ3) is 2.25. The van der Waals surface area contributed by atoms with E-state index >= 15 is 0 Å². The summed E-state index contributed by atoms with van der Waals surface area (Å²) in [6.07, 6.45) is 4.18. The van der Waals surface area contributed by atoms with E-state index in [1.54, 1.807) is 0 Å². The second-order valence-corrected chi connectivity index (χ2v) is 5.18. The monoisotopic (exact) mass is 183 g/mol. The summed E-state index contributed by atoms with van der Waals surface area (Å²) in [5, 5.41) is 3.60. The average molecular weight is 183 g/mol. The van der Waals surface area contributed by atoms with Crippen LogP contribution < -0.4 is 5.32 Å². The van der Waals surface area contributed by atoms with Crippen molar-refractivity contribution in [3.05, 3.63) is 0 Å². The summed E-state index contributed by atoms with van der Waals surface area (Å²) in [5.41, 5.74) is 0.552. The van der Waals surface area contributed by atoms with Crippen LogP contribution in [0.2, 0.25) is 0 Å². The first kappa shape index (κ1) is 11.0. The van der Waals surface area contributed by atoms with Crippen molar-refractivity contribution in [3.63, 3.8) is 0 Å². The van der Waals surface area contributed by atoms with Gasteiger partial charge in [-0.25, -0.2) is 0 Å². The molecule has 1 heteroatoms. The van der Waals surface area contributed by atoms with Gasteiger partial charge < -0.3 is 5.32 Å². The van der Waals surface area contributed by atoms with Gasteiger partial charge in [-0.05, 0) is 36.6 Å².